The predicted octanol–water partition coefficient (Wildman–Crippen LogP) is 5.89. The van der Waals surface area contributed by atoms with Gasteiger partial charge in [-0.05, 0) is 36.7 Å². The molecule has 2 aliphatic rings. The number of hydrogen-bond acceptors (Lipinski definition) is 2. The summed E-state index contributed by atoms with van der Waals surface area (Å²) in [6.07, 6.45) is 7.46. The number of rotatable bonds is 7. The quantitative estimate of drug-likeness (QED) is 0.563. The molecule has 0 aromatic rings. The van der Waals surface area contributed by atoms with Crippen LogP contribution in [0.4, 0.5) is 0 Å². The highest BCUT2D eigenvalue weighted by Crippen LogP contribution is 2.53. The van der Waals surface area contributed by atoms with Crippen LogP contribution in [0.3, 0.4) is 0 Å². The summed E-state index contributed by atoms with van der Waals surface area (Å²) in [7, 11) is 0. The van der Waals surface area contributed by atoms with Gasteiger partial charge >= 0.3 is 0 Å². The van der Waals surface area contributed by atoms with E-state index in [0.717, 1.165) is 24.8 Å². The van der Waals surface area contributed by atoms with E-state index in [1.807, 2.05) is 0 Å². The molecule has 0 spiro atoms. The molecule has 24 heavy (non-hydrogen) atoms. The van der Waals surface area contributed by atoms with Crippen LogP contribution in [0.15, 0.2) is 10.1 Å². The van der Waals surface area contributed by atoms with Crippen LogP contribution in [0.2, 0.25) is 0 Å². The van der Waals surface area contributed by atoms with Gasteiger partial charge in [0.15, 0.2) is 0 Å². The summed E-state index contributed by atoms with van der Waals surface area (Å²) < 4.78 is 0.315. The second kappa shape index (κ2) is 9.05. The number of aliphatic hydroxyl groups excluding tert-OH is 1. The van der Waals surface area contributed by atoms with E-state index in [-0.39, 0.29) is 23.7 Å². The Morgan fingerprint density at radius 1 is 1.25 bits per heavy atom. The summed E-state index contributed by atoms with van der Waals surface area (Å²) in [5.41, 5.74) is 1.00. The lowest BCUT2D eigenvalue weighted by Crippen LogP contribution is -2.45. The Morgan fingerprint density at radius 2 is 1.96 bits per heavy atom. The van der Waals surface area contributed by atoms with E-state index < -0.39 is 6.10 Å². The number of aliphatic hydroxyl groups is 1. The van der Waals surface area contributed by atoms with Crippen LogP contribution in [0.1, 0.15) is 72.1 Å². The van der Waals surface area contributed by atoms with Crippen molar-refractivity contribution in [2.24, 2.45) is 29.6 Å². The van der Waals surface area contributed by atoms with Gasteiger partial charge in [-0.1, -0.05) is 76.1 Å². The van der Waals surface area contributed by atoms with E-state index in [0.29, 0.717) is 29.0 Å². The van der Waals surface area contributed by atoms with Crippen LogP contribution in [0, 0.1) is 29.6 Å². The van der Waals surface area contributed by atoms with Crippen molar-refractivity contribution >= 4 is 29.0 Å². The molecular weight excluding hydrogens is 343 g/mol. The molecule has 0 aliphatic heterocycles. The fraction of sp³-hybridized carbons (Fsp3) is 0.850. The van der Waals surface area contributed by atoms with Crippen LogP contribution in [0.25, 0.3) is 0 Å². The fourth-order valence-electron chi connectivity index (χ4n) is 5.00. The molecular formula is C20H32Cl2O2. The smallest absolute Gasteiger partial charge is 0.140 e. The van der Waals surface area contributed by atoms with Crippen LogP contribution < -0.4 is 0 Å². The number of allylic oxidation sites excluding steroid dienone is 1. The number of fused-ring (bicyclic) bond motifs is 1. The molecule has 0 aromatic heterocycles. The summed E-state index contributed by atoms with van der Waals surface area (Å²) in [5.74, 6) is 0.781. The van der Waals surface area contributed by atoms with E-state index >= 15 is 0 Å². The van der Waals surface area contributed by atoms with E-state index in [1.165, 1.54) is 19.3 Å². The van der Waals surface area contributed by atoms with Crippen molar-refractivity contribution in [2.75, 3.05) is 0 Å². The fourth-order valence-corrected chi connectivity index (χ4v) is 5.43. The van der Waals surface area contributed by atoms with E-state index in [2.05, 4.69) is 20.8 Å². The normalized spacial score (nSPS) is 34.3. The maximum atomic E-state index is 13.1. The predicted molar refractivity (Wildman–Crippen MR) is 101 cm³/mol. The minimum absolute atomic E-state index is 0.00571. The Balaban J connectivity index is 2.16. The van der Waals surface area contributed by atoms with Gasteiger partial charge in [0.2, 0.25) is 0 Å². The summed E-state index contributed by atoms with van der Waals surface area (Å²) in [6, 6.07) is 0. The van der Waals surface area contributed by atoms with Crippen LogP contribution in [-0.2, 0) is 4.79 Å². The van der Waals surface area contributed by atoms with Gasteiger partial charge in [0.1, 0.15) is 10.3 Å². The molecule has 4 heteroatoms. The maximum absolute atomic E-state index is 13.1. The highest BCUT2D eigenvalue weighted by molar-refractivity contribution is 6.56. The minimum Gasteiger partial charge on any atom is -0.393 e. The lowest BCUT2D eigenvalue weighted by atomic mass is 9.66. The largest absolute Gasteiger partial charge is 0.393 e. The molecule has 0 heterocycles. The van der Waals surface area contributed by atoms with Crippen molar-refractivity contribution in [3.05, 3.63) is 10.1 Å². The molecule has 2 rings (SSSR count). The van der Waals surface area contributed by atoms with Crippen LogP contribution in [0.5, 0.6) is 0 Å². The van der Waals surface area contributed by atoms with E-state index in [9.17, 15) is 9.90 Å². The molecule has 0 bridgehead atoms. The molecule has 138 valence electrons. The minimum atomic E-state index is -0.409. The molecule has 2 nitrogen and oxygen atoms in total. The first-order valence-corrected chi connectivity index (χ1v) is 10.4. The van der Waals surface area contributed by atoms with Crippen molar-refractivity contribution in [1.29, 1.82) is 0 Å². The standard InChI is InChI=1S/C20H32Cl2O2/c1-4-6-7-9-12(3)14-11-17(23)18-13(8-5-2)15(20(21)22)10-16(18)19(14)24/h12-14,16-18,23H,4-11H2,1-3H3. The topological polar surface area (TPSA) is 37.3 Å². The van der Waals surface area contributed by atoms with Crippen molar-refractivity contribution in [3.63, 3.8) is 0 Å². The Labute approximate surface area is 157 Å². The Morgan fingerprint density at radius 3 is 2.54 bits per heavy atom. The zero-order chi connectivity index (χ0) is 17.9. The molecule has 2 aliphatic carbocycles. The number of ketones is 1. The Kier molecular flexibility index (Phi) is 7.64. The molecule has 1 N–H and O–H groups in total. The highest BCUT2D eigenvalue weighted by atomic mass is 35.5. The van der Waals surface area contributed by atoms with Gasteiger partial charge in [-0.2, -0.15) is 0 Å². The third kappa shape index (κ3) is 4.19. The Hall–Kier alpha value is -0.0500. The molecule has 2 fully saturated rings. The zero-order valence-electron chi connectivity index (χ0n) is 15.2. The summed E-state index contributed by atoms with van der Waals surface area (Å²) in [6.45, 7) is 6.50. The SMILES string of the molecule is CCCCCC(C)C1CC(O)C2C(CC(=C(Cl)Cl)C2CCC)C1=O. The number of carbonyl (C=O) groups excluding carboxylic acids is 1. The second-order valence-corrected chi connectivity index (χ2v) is 8.80. The third-order valence-electron chi connectivity index (χ3n) is 6.28. The number of unbranched alkanes of at least 4 members (excludes halogenated alkanes) is 2. The highest BCUT2D eigenvalue weighted by Gasteiger charge is 2.52. The first-order valence-electron chi connectivity index (χ1n) is 9.68. The van der Waals surface area contributed by atoms with Gasteiger partial charge in [0, 0.05) is 17.8 Å². The second-order valence-electron chi connectivity index (χ2n) is 7.85. The van der Waals surface area contributed by atoms with Crippen LogP contribution >= 0.6 is 23.2 Å². The first kappa shape index (κ1) is 20.3. The summed E-state index contributed by atoms with van der Waals surface area (Å²) in [4.78, 5) is 13.1. The summed E-state index contributed by atoms with van der Waals surface area (Å²) in [5, 5.41) is 10.8. The lowest BCUT2D eigenvalue weighted by molar-refractivity contribution is -0.139. The number of carbonyl (C=O) groups is 1. The molecule has 0 saturated heterocycles. The monoisotopic (exact) mass is 374 g/mol. The molecule has 6 unspecified atom stereocenters. The van der Waals surface area contributed by atoms with Crippen molar-refractivity contribution < 1.29 is 9.90 Å². The molecule has 0 amide bonds. The van der Waals surface area contributed by atoms with E-state index in [1.54, 1.807) is 0 Å². The number of halogens is 2. The Bertz CT molecular complexity index is 470. The lowest BCUT2D eigenvalue weighted by Gasteiger charge is -2.39. The molecule has 6 atom stereocenters. The van der Waals surface area contributed by atoms with Crippen LogP contribution in [-0.4, -0.2) is 17.0 Å². The van der Waals surface area contributed by atoms with Gasteiger partial charge in [0.05, 0.1) is 6.10 Å². The van der Waals surface area contributed by atoms with Crippen molar-refractivity contribution in [3.8, 4) is 0 Å². The average Bonchev–Trinajstić information content (AvgIpc) is 2.92. The van der Waals surface area contributed by atoms with Crippen molar-refractivity contribution in [1.82, 2.24) is 0 Å². The van der Waals surface area contributed by atoms with Gasteiger partial charge in [0.25, 0.3) is 0 Å². The number of Topliss-reactive ketones (excluding diaryl/α,β-unsaturated/α-hetero) is 1. The summed E-state index contributed by atoms with van der Waals surface area (Å²) >= 11 is 12.2. The molecule has 2 saturated carbocycles. The zero-order valence-corrected chi connectivity index (χ0v) is 16.7. The number of hydrogen-bond donors (Lipinski definition) is 1. The molecule has 0 radical (unpaired) electrons. The maximum Gasteiger partial charge on any atom is 0.140 e. The molecule has 0 aromatic carbocycles. The average molecular weight is 375 g/mol. The van der Waals surface area contributed by atoms with Gasteiger partial charge in [-0.25, -0.2) is 0 Å². The van der Waals surface area contributed by atoms with Gasteiger partial charge in [-0.15, -0.1) is 0 Å². The van der Waals surface area contributed by atoms with Crippen molar-refractivity contribution in [2.45, 2.75) is 78.2 Å². The third-order valence-corrected chi connectivity index (χ3v) is 6.77. The van der Waals surface area contributed by atoms with E-state index in [4.69, 9.17) is 23.2 Å². The van der Waals surface area contributed by atoms with Gasteiger partial charge < -0.3 is 5.11 Å². The first-order chi connectivity index (χ1) is 11.4. The van der Waals surface area contributed by atoms with Gasteiger partial charge in [-0.3, -0.25) is 4.79 Å².